The average Bonchev–Trinajstić information content (AvgIpc) is 3.55. The molecule has 0 unspecified atom stereocenters. The summed E-state index contributed by atoms with van der Waals surface area (Å²) in [6, 6.07) is 12.4. The van der Waals surface area contributed by atoms with Crippen molar-refractivity contribution in [1.29, 1.82) is 0 Å². The zero-order valence-electron chi connectivity index (χ0n) is 15.9. The van der Waals surface area contributed by atoms with Gasteiger partial charge in [0.25, 0.3) is 5.91 Å². The van der Waals surface area contributed by atoms with Crippen LogP contribution in [0.15, 0.2) is 42.5 Å². The smallest absolute Gasteiger partial charge is 0.253 e. The molecule has 0 aliphatic heterocycles. The number of hydrogen-bond donors (Lipinski definition) is 1. The van der Waals surface area contributed by atoms with Crippen LogP contribution in [0.3, 0.4) is 0 Å². The largest absolute Gasteiger partial charge is 0.497 e. The molecule has 0 atom stereocenters. The summed E-state index contributed by atoms with van der Waals surface area (Å²) in [5, 5.41) is 3.02. The monoisotopic (exact) mass is 402 g/mol. The number of benzene rings is 2. The van der Waals surface area contributed by atoms with Gasteiger partial charge in [0, 0.05) is 18.2 Å². The van der Waals surface area contributed by atoms with Gasteiger partial charge >= 0.3 is 0 Å². The van der Waals surface area contributed by atoms with Gasteiger partial charge in [-0.25, -0.2) is 0 Å². The van der Waals surface area contributed by atoms with Crippen LogP contribution < -0.4 is 14.8 Å². The van der Waals surface area contributed by atoms with Crippen molar-refractivity contribution < 1.29 is 19.1 Å². The van der Waals surface area contributed by atoms with Crippen LogP contribution in [0.4, 0.5) is 0 Å². The van der Waals surface area contributed by atoms with Crippen LogP contribution in [0.5, 0.6) is 11.5 Å². The normalized spacial score (nSPS) is 13.0. The van der Waals surface area contributed by atoms with E-state index in [0.29, 0.717) is 28.6 Å². The van der Waals surface area contributed by atoms with E-state index in [4.69, 9.17) is 21.1 Å². The van der Waals surface area contributed by atoms with E-state index in [1.165, 1.54) is 0 Å². The molecular weight excluding hydrogens is 380 g/mol. The van der Waals surface area contributed by atoms with E-state index in [2.05, 4.69) is 5.32 Å². The van der Waals surface area contributed by atoms with E-state index in [-0.39, 0.29) is 24.4 Å². The Morgan fingerprint density at radius 1 is 1.14 bits per heavy atom. The molecule has 6 nitrogen and oxygen atoms in total. The van der Waals surface area contributed by atoms with Gasteiger partial charge in [-0.05, 0) is 43.2 Å². The van der Waals surface area contributed by atoms with E-state index in [1.807, 2.05) is 18.2 Å². The molecule has 1 aliphatic rings. The van der Waals surface area contributed by atoms with Crippen LogP contribution in [-0.2, 0) is 11.3 Å². The van der Waals surface area contributed by atoms with Gasteiger partial charge in [-0.2, -0.15) is 0 Å². The fourth-order valence-corrected chi connectivity index (χ4v) is 3.22. The van der Waals surface area contributed by atoms with Gasteiger partial charge < -0.3 is 19.7 Å². The van der Waals surface area contributed by atoms with Gasteiger partial charge in [0.05, 0.1) is 31.4 Å². The third-order valence-electron chi connectivity index (χ3n) is 4.65. The molecular formula is C21H23ClN2O4. The first-order chi connectivity index (χ1) is 13.5. The summed E-state index contributed by atoms with van der Waals surface area (Å²) in [5.41, 5.74) is 1.21. The molecule has 0 bridgehead atoms. The molecule has 1 N–H and O–H groups in total. The maximum absolute atomic E-state index is 12.8. The molecule has 1 aliphatic carbocycles. The molecule has 0 aromatic heterocycles. The third-order valence-corrected chi connectivity index (χ3v) is 4.98. The number of amides is 2. The maximum Gasteiger partial charge on any atom is 0.253 e. The number of hydrogen-bond acceptors (Lipinski definition) is 4. The standard InChI is InChI=1S/C21H23ClN2O4/c1-27-16-9-10-19(28-2)14(11-16)13-24(15-7-8-15)20(25)12-23-21(26)17-5-3-4-6-18(17)22/h3-6,9-11,15H,7-8,12-13H2,1-2H3,(H,23,26). The number of rotatable bonds is 8. The Balaban J connectivity index is 1.68. The van der Waals surface area contributed by atoms with Crippen molar-refractivity contribution in [3.63, 3.8) is 0 Å². The number of halogens is 1. The molecule has 0 spiro atoms. The summed E-state index contributed by atoms with van der Waals surface area (Å²) < 4.78 is 10.7. The van der Waals surface area contributed by atoms with Gasteiger partial charge in [0.2, 0.25) is 5.91 Å². The first kappa shape index (κ1) is 20.0. The molecule has 0 saturated heterocycles. The Labute approximate surface area is 169 Å². The third kappa shape index (κ3) is 4.75. The van der Waals surface area contributed by atoms with E-state index >= 15 is 0 Å². The highest BCUT2D eigenvalue weighted by molar-refractivity contribution is 6.33. The Morgan fingerprint density at radius 3 is 2.54 bits per heavy atom. The molecule has 3 rings (SSSR count). The Kier molecular flexibility index (Phi) is 6.41. The van der Waals surface area contributed by atoms with E-state index in [9.17, 15) is 9.59 Å². The molecule has 148 valence electrons. The Bertz CT molecular complexity index is 867. The Hall–Kier alpha value is -2.73. The van der Waals surface area contributed by atoms with E-state index in [0.717, 1.165) is 18.4 Å². The molecule has 2 aromatic carbocycles. The number of methoxy groups -OCH3 is 2. The number of ether oxygens (including phenoxy) is 2. The fourth-order valence-electron chi connectivity index (χ4n) is 2.99. The van der Waals surface area contributed by atoms with Crippen LogP contribution in [0.2, 0.25) is 5.02 Å². The summed E-state index contributed by atoms with van der Waals surface area (Å²) in [6.07, 6.45) is 1.91. The van der Waals surface area contributed by atoms with Crippen LogP contribution >= 0.6 is 11.6 Å². The average molecular weight is 403 g/mol. The highest BCUT2D eigenvalue weighted by Gasteiger charge is 2.33. The van der Waals surface area contributed by atoms with Gasteiger partial charge in [-0.1, -0.05) is 23.7 Å². The lowest BCUT2D eigenvalue weighted by atomic mass is 10.1. The Morgan fingerprint density at radius 2 is 1.89 bits per heavy atom. The molecule has 0 radical (unpaired) electrons. The van der Waals surface area contributed by atoms with Crippen molar-refractivity contribution in [2.75, 3.05) is 20.8 Å². The highest BCUT2D eigenvalue weighted by Crippen LogP contribution is 2.32. The number of nitrogens with zero attached hydrogens (tertiary/aromatic N) is 1. The second-order valence-corrected chi connectivity index (χ2v) is 7.00. The number of carbonyl (C=O) groups is 2. The molecule has 28 heavy (non-hydrogen) atoms. The second kappa shape index (κ2) is 8.97. The molecule has 1 saturated carbocycles. The van der Waals surface area contributed by atoms with Crippen molar-refractivity contribution in [1.82, 2.24) is 10.2 Å². The summed E-state index contributed by atoms with van der Waals surface area (Å²) in [4.78, 5) is 26.9. The van der Waals surface area contributed by atoms with Crippen LogP contribution in [0.1, 0.15) is 28.8 Å². The zero-order valence-corrected chi connectivity index (χ0v) is 16.7. The maximum atomic E-state index is 12.8. The molecule has 0 heterocycles. The van der Waals surface area contributed by atoms with Gasteiger partial charge in [0.15, 0.2) is 0 Å². The van der Waals surface area contributed by atoms with Crippen molar-refractivity contribution in [3.05, 3.63) is 58.6 Å². The molecule has 2 aromatic rings. The minimum Gasteiger partial charge on any atom is -0.497 e. The van der Waals surface area contributed by atoms with Crippen LogP contribution in [0.25, 0.3) is 0 Å². The first-order valence-corrected chi connectivity index (χ1v) is 9.44. The van der Waals surface area contributed by atoms with Crippen LogP contribution in [0, 0.1) is 0 Å². The fraction of sp³-hybridized carbons (Fsp3) is 0.333. The highest BCUT2D eigenvalue weighted by atomic mass is 35.5. The van der Waals surface area contributed by atoms with E-state index in [1.54, 1.807) is 43.4 Å². The lowest BCUT2D eigenvalue weighted by molar-refractivity contribution is -0.131. The minimum atomic E-state index is -0.367. The van der Waals surface area contributed by atoms with Crippen molar-refractivity contribution in [2.45, 2.75) is 25.4 Å². The number of nitrogens with one attached hydrogen (secondary N) is 1. The summed E-state index contributed by atoms with van der Waals surface area (Å²) in [5.74, 6) is 0.881. The molecule has 2 amide bonds. The first-order valence-electron chi connectivity index (χ1n) is 9.06. The predicted octanol–water partition coefficient (Wildman–Crippen LogP) is 3.28. The quantitative estimate of drug-likeness (QED) is 0.735. The van der Waals surface area contributed by atoms with Crippen molar-refractivity contribution in [3.8, 4) is 11.5 Å². The van der Waals surface area contributed by atoms with Crippen LogP contribution in [-0.4, -0.2) is 43.5 Å². The van der Waals surface area contributed by atoms with Crippen molar-refractivity contribution >= 4 is 23.4 Å². The van der Waals surface area contributed by atoms with Gasteiger partial charge in [-0.15, -0.1) is 0 Å². The van der Waals surface area contributed by atoms with Gasteiger partial charge in [0.1, 0.15) is 11.5 Å². The summed E-state index contributed by atoms with van der Waals surface area (Å²) in [7, 11) is 3.19. The van der Waals surface area contributed by atoms with Gasteiger partial charge in [-0.3, -0.25) is 9.59 Å². The summed E-state index contributed by atoms with van der Waals surface area (Å²) >= 11 is 6.04. The molecule has 1 fully saturated rings. The lowest BCUT2D eigenvalue weighted by Gasteiger charge is -2.24. The predicted molar refractivity (Wildman–Crippen MR) is 107 cm³/mol. The SMILES string of the molecule is COc1ccc(OC)c(CN(C(=O)CNC(=O)c2ccccc2Cl)C2CC2)c1. The van der Waals surface area contributed by atoms with Crippen molar-refractivity contribution in [2.24, 2.45) is 0 Å². The zero-order chi connectivity index (χ0) is 20.1. The summed E-state index contributed by atoms with van der Waals surface area (Å²) in [6.45, 7) is 0.304. The number of carbonyl (C=O) groups excluding carboxylic acids is 2. The second-order valence-electron chi connectivity index (χ2n) is 6.59. The minimum absolute atomic E-state index is 0.0904. The lowest BCUT2D eigenvalue weighted by Crippen LogP contribution is -2.41. The molecule has 7 heteroatoms. The van der Waals surface area contributed by atoms with E-state index < -0.39 is 0 Å². The topological polar surface area (TPSA) is 67.9 Å².